The molecule has 0 aliphatic carbocycles. The van der Waals surface area contributed by atoms with Crippen molar-refractivity contribution >= 4 is 27.5 Å². The summed E-state index contributed by atoms with van der Waals surface area (Å²) in [6.45, 7) is 5.84. The first kappa shape index (κ1) is 19.7. The maximum Gasteiger partial charge on any atom is 0.244 e. The minimum Gasteiger partial charge on any atom is -0.367 e. The van der Waals surface area contributed by atoms with Gasteiger partial charge in [-0.25, -0.2) is 18.1 Å². The average molecular weight is 402 g/mol. The number of aryl methyl sites for hydroxylation is 3. The first-order valence-corrected chi connectivity index (χ1v) is 10.1. The Hall–Kier alpha value is -3.05. The van der Waals surface area contributed by atoms with Crippen molar-refractivity contribution in [3.8, 4) is 0 Å². The van der Waals surface area contributed by atoms with E-state index in [2.05, 4.69) is 40.7 Å². The normalized spacial score (nSPS) is 11.4. The van der Waals surface area contributed by atoms with Gasteiger partial charge in [-0.15, -0.1) is 10.2 Å². The molecule has 11 heteroatoms. The van der Waals surface area contributed by atoms with E-state index in [1.807, 2.05) is 19.1 Å². The molecule has 10 nitrogen and oxygen atoms in total. The van der Waals surface area contributed by atoms with Crippen LogP contribution in [0.2, 0.25) is 0 Å². The van der Waals surface area contributed by atoms with Gasteiger partial charge in [-0.05, 0) is 44.5 Å². The number of nitrogens with zero attached hydrogens (tertiary/aromatic N) is 4. The van der Waals surface area contributed by atoms with Gasteiger partial charge in [0.2, 0.25) is 10.0 Å². The number of rotatable bonds is 8. The highest BCUT2D eigenvalue weighted by Gasteiger charge is 2.21. The summed E-state index contributed by atoms with van der Waals surface area (Å²) >= 11 is 0. The fourth-order valence-corrected chi connectivity index (χ4v) is 3.95. The number of aromatic nitrogens is 5. The van der Waals surface area contributed by atoms with E-state index in [9.17, 15) is 8.42 Å². The van der Waals surface area contributed by atoms with Crippen molar-refractivity contribution in [1.29, 1.82) is 0 Å². The molecule has 3 heterocycles. The standard InChI is InChI=1S/C17H22N8O2S/c1-11-4-5-14(19-10-11)21-16-7-6-15(24-25-16)18-8-9-20-28(26,27)17-12(2)22-23-13(17)3/h4-7,10,20H,8-9H2,1-3H3,(H,18,24)(H,22,23)(H,19,21,25). The Morgan fingerprint density at radius 3 is 2.29 bits per heavy atom. The molecule has 0 radical (unpaired) electrons. The zero-order chi connectivity index (χ0) is 20.1. The fraction of sp³-hybridized carbons (Fsp3) is 0.294. The number of sulfonamides is 1. The minimum absolute atomic E-state index is 0.187. The molecule has 148 valence electrons. The molecule has 0 saturated carbocycles. The van der Waals surface area contributed by atoms with Crippen LogP contribution < -0.4 is 15.4 Å². The first-order valence-electron chi connectivity index (χ1n) is 8.63. The quantitative estimate of drug-likeness (QED) is 0.417. The van der Waals surface area contributed by atoms with Crippen LogP contribution in [0, 0.1) is 20.8 Å². The molecule has 0 fully saturated rings. The predicted octanol–water partition coefficient (Wildman–Crippen LogP) is 1.65. The van der Waals surface area contributed by atoms with Gasteiger partial charge in [0.15, 0.2) is 5.82 Å². The van der Waals surface area contributed by atoms with E-state index in [1.54, 1.807) is 32.2 Å². The van der Waals surface area contributed by atoms with E-state index in [0.717, 1.165) is 5.56 Å². The van der Waals surface area contributed by atoms with Crippen LogP contribution in [-0.4, -0.2) is 46.9 Å². The van der Waals surface area contributed by atoms with Gasteiger partial charge in [0.05, 0.1) is 11.4 Å². The highest BCUT2D eigenvalue weighted by Crippen LogP contribution is 2.16. The highest BCUT2D eigenvalue weighted by molar-refractivity contribution is 7.89. The Morgan fingerprint density at radius 1 is 0.964 bits per heavy atom. The molecule has 0 atom stereocenters. The van der Waals surface area contributed by atoms with Crippen molar-refractivity contribution < 1.29 is 8.42 Å². The van der Waals surface area contributed by atoms with Crippen LogP contribution in [0.4, 0.5) is 17.5 Å². The molecule has 0 saturated heterocycles. The third kappa shape index (κ3) is 4.81. The monoisotopic (exact) mass is 402 g/mol. The Balaban J connectivity index is 1.49. The van der Waals surface area contributed by atoms with Crippen LogP contribution in [0.3, 0.4) is 0 Å². The minimum atomic E-state index is -3.61. The van der Waals surface area contributed by atoms with Gasteiger partial charge < -0.3 is 10.6 Å². The summed E-state index contributed by atoms with van der Waals surface area (Å²) < 4.78 is 27.2. The first-order chi connectivity index (χ1) is 13.3. The second kappa shape index (κ2) is 8.31. The Kier molecular flexibility index (Phi) is 5.85. The van der Waals surface area contributed by atoms with Crippen molar-refractivity contribution in [3.63, 3.8) is 0 Å². The molecular weight excluding hydrogens is 380 g/mol. The summed E-state index contributed by atoms with van der Waals surface area (Å²) in [6.07, 6.45) is 1.76. The molecule has 3 aromatic heterocycles. The van der Waals surface area contributed by atoms with Crippen LogP contribution in [0.5, 0.6) is 0 Å². The van der Waals surface area contributed by atoms with Gasteiger partial charge in [0, 0.05) is 19.3 Å². The molecule has 0 bridgehead atoms. The molecule has 0 spiro atoms. The average Bonchev–Trinajstić information content (AvgIpc) is 3.01. The van der Waals surface area contributed by atoms with E-state index in [1.165, 1.54) is 0 Å². The summed E-state index contributed by atoms with van der Waals surface area (Å²) in [4.78, 5) is 4.43. The Morgan fingerprint density at radius 2 is 1.68 bits per heavy atom. The predicted molar refractivity (Wildman–Crippen MR) is 106 cm³/mol. The molecule has 3 rings (SSSR count). The Bertz CT molecular complexity index is 1010. The molecule has 0 aliphatic rings. The molecule has 28 heavy (non-hydrogen) atoms. The SMILES string of the molecule is Cc1ccc(Nc2ccc(NCCNS(=O)(=O)c3c(C)n[nH]c3C)nn2)nc1. The van der Waals surface area contributed by atoms with E-state index in [-0.39, 0.29) is 11.4 Å². The Labute approximate surface area is 163 Å². The van der Waals surface area contributed by atoms with Gasteiger partial charge in [0.25, 0.3) is 0 Å². The number of anilines is 3. The van der Waals surface area contributed by atoms with Crippen molar-refractivity contribution in [2.24, 2.45) is 0 Å². The fourth-order valence-electron chi connectivity index (χ4n) is 2.55. The van der Waals surface area contributed by atoms with Gasteiger partial charge >= 0.3 is 0 Å². The summed E-state index contributed by atoms with van der Waals surface area (Å²) in [5, 5.41) is 20.8. The lowest BCUT2D eigenvalue weighted by Gasteiger charge is -2.09. The molecule has 0 unspecified atom stereocenters. The summed E-state index contributed by atoms with van der Waals surface area (Å²) in [6, 6.07) is 7.33. The van der Waals surface area contributed by atoms with E-state index in [0.29, 0.717) is 35.4 Å². The highest BCUT2D eigenvalue weighted by atomic mass is 32.2. The smallest absolute Gasteiger partial charge is 0.244 e. The topological polar surface area (TPSA) is 138 Å². The molecule has 0 aliphatic heterocycles. The number of nitrogens with one attached hydrogen (secondary N) is 4. The largest absolute Gasteiger partial charge is 0.367 e. The maximum atomic E-state index is 12.3. The summed E-state index contributed by atoms with van der Waals surface area (Å²) in [5.74, 6) is 1.78. The van der Waals surface area contributed by atoms with Crippen molar-refractivity contribution in [3.05, 3.63) is 47.4 Å². The second-order valence-electron chi connectivity index (χ2n) is 6.24. The maximum absolute atomic E-state index is 12.3. The van der Waals surface area contributed by atoms with Gasteiger partial charge in [-0.3, -0.25) is 5.10 Å². The number of pyridine rings is 1. The zero-order valence-corrected chi connectivity index (χ0v) is 16.6. The van der Waals surface area contributed by atoms with E-state index in [4.69, 9.17) is 0 Å². The third-order valence-corrected chi connectivity index (χ3v) is 5.61. The van der Waals surface area contributed by atoms with Crippen LogP contribution >= 0.6 is 0 Å². The van der Waals surface area contributed by atoms with Crippen LogP contribution in [0.25, 0.3) is 0 Å². The van der Waals surface area contributed by atoms with Crippen LogP contribution in [-0.2, 0) is 10.0 Å². The summed E-state index contributed by atoms with van der Waals surface area (Å²) in [7, 11) is -3.61. The lowest BCUT2D eigenvalue weighted by molar-refractivity contribution is 0.581. The lowest BCUT2D eigenvalue weighted by Crippen LogP contribution is -2.29. The third-order valence-electron chi connectivity index (χ3n) is 3.88. The van der Waals surface area contributed by atoms with E-state index >= 15 is 0 Å². The van der Waals surface area contributed by atoms with Crippen LogP contribution in [0.1, 0.15) is 17.0 Å². The van der Waals surface area contributed by atoms with Gasteiger partial charge in [-0.2, -0.15) is 5.10 Å². The molecule has 3 aromatic rings. The van der Waals surface area contributed by atoms with Gasteiger partial charge in [0.1, 0.15) is 16.5 Å². The van der Waals surface area contributed by atoms with Crippen molar-refractivity contribution in [2.75, 3.05) is 23.7 Å². The number of hydrogen-bond donors (Lipinski definition) is 4. The molecular formula is C17H22N8O2S. The molecule has 0 amide bonds. The molecule has 4 N–H and O–H groups in total. The lowest BCUT2D eigenvalue weighted by atomic mass is 10.3. The van der Waals surface area contributed by atoms with E-state index < -0.39 is 10.0 Å². The zero-order valence-electron chi connectivity index (χ0n) is 15.8. The van der Waals surface area contributed by atoms with Crippen molar-refractivity contribution in [1.82, 2.24) is 30.1 Å². The van der Waals surface area contributed by atoms with Gasteiger partial charge in [-0.1, -0.05) is 6.07 Å². The number of aromatic amines is 1. The number of hydrogen-bond acceptors (Lipinski definition) is 8. The van der Waals surface area contributed by atoms with Crippen LogP contribution in [0.15, 0.2) is 35.4 Å². The molecule has 0 aromatic carbocycles. The number of H-pyrrole nitrogens is 1. The second-order valence-corrected chi connectivity index (χ2v) is 7.94. The summed E-state index contributed by atoms with van der Waals surface area (Å²) in [5.41, 5.74) is 2.02. The van der Waals surface area contributed by atoms with Crippen molar-refractivity contribution in [2.45, 2.75) is 25.7 Å².